The Morgan fingerprint density at radius 2 is 1.87 bits per heavy atom. The third-order valence-electron chi connectivity index (χ3n) is 5.62. The molecular formula is C26H32N2O3. The van der Waals surface area contributed by atoms with Crippen LogP contribution in [0.25, 0.3) is 6.08 Å². The summed E-state index contributed by atoms with van der Waals surface area (Å²) in [7, 11) is 0. The number of hydrogen-bond donors (Lipinski definition) is 1. The molecule has 0 aliphatic carbocycles. The molecule has 0 aromatic heterocycles. The van der Waals surface area contributed by atoms with Crippen LogP contribution < -0.4 is 10.1 Å². The molecule has 0 radical (unpaired) electrons. The average molecular weight is 421 g/mol. The van der Waals surface area contributed by atoms with Crippen LogP contribution in [0.4, 0.5) is 5.69 Å². The van der Waals surface area contributed by atoms with Crippen molar-refractivity contribution in [1.82, 2.24) is 4.90 Å². The fraction of sp³-hybridized carbons (Fsp3) is 0.385. The van der Waals surface area contributed by atoms with Gasteiger partial charge in [-0.1, -0.05) is 43.7 Å². The number of anilines is 1. The highest BCUT2D eigenvalue weighted by atomic mass is 16.5. The van der Waals surface area contributed by atoms with E-state index in [2.05, 4.69) is 12.2 Å². The van der Waals surface area contributed by atoms with Crippen LogP contribution in [0.1, 0.15) is 43.7 Å². The fourth-order valence-electron chi connectivity index (χ4n) is 3.63. The number of ether oxygens (including phenoxy) is 1. The summed E-state index contributed by atoms with van der Waals surface area (Å²) in [6.45, 7) is 6.01. The first kappa shape index (κ1) is 22.6. The van der Waals surface area contributed by atoms with E-state index < -0.39 is 0 Å². The number of carbonyl (C=O) groups excluding carboxylic acids is 2. The molecule has 1 heterocycles. The summed E-state index contributed by atoms with van der Waals surface area (Å²) in [5.74, 6) is 0.772. The van der Waals surface area contributed by atoms with E-state index in [0.717, 1.165) is 35.4 Å². The maximum Gasteiger partial charge on any atom is 0.246 e. The van der Waals surface area contributed by atoms with Gasteiger partial charge in [-0.05, 0) is 61.6 Å². The van der Waals surface area contributed by atoms with Gasteiger partial charge in [0.2, 0.25) is 11.8 Å². The molecule has 1 N–H and O–H groups in total. The predicted octanol–water partition coefficient (Wildman–Crippen LogP) is 5.06. The lowest BCUT2D eigenvalue weighted by Crippen LogP contribution is -2.40. The Balaban J connectivity index is 1.48. The van der Waals surface area contributed by atoms with E-state index in [9.17, 15) is 9.59 Å². The zero-order chi connectivity index (χ0) is 22.1. The first-order chi connectivity index (χ1) is 15.1. The molecule has 5 nitrogen and oxygen atoms in total. The van der Waals surface area contributed by atoms with Gasteiger partial charge in [-0.25, -0.2) is 0 Å². The standard InChI is InChI=1S/C26H32N2O3/c1-3-4-18-31-23-11-12-24(20(2)19-23)27-26(30)22-14-16-28(17-15-22)25(29)13-10-21-8-6-5-7-9-21/h5-13,19,22H,3-4,14-18H2,1-2H3,(H,27,30). The highest BCUT2D eigenvalue weighted by Gasteiger charge is 2.26. The maximum absolute atomic E-state index is 12.7. The molecule has 1 saturated heterocycles. The number of rotatable bonds is 8. The Morgan fingerprint density at radius 3 is 2.55 bits per heavy atom. The largest absolute Gasteiger partial charge is 0.494 e. The second-order valence-electron chi connectivity index (χ2n) is 8.01. The lowest BCUT2D eigenvalue weighted by atomic mass is 9.95. The summed E-state index contributed by atoms with van der Waals surface area (Å²) in [6.07, 6.45) is 6.92. The van der Waals surface area contributed by atoms with Gasteiger partial charge < -0.3 is 15.0 Å². The quantitative estimate of drug-likeness (QED) is 0.479. The van der Waals surface area contributed by atoms with Crippen molar-refractivity contribution >= 4 is 23.6 Å². The van der Waals surface area contributed by atoms with Crippen molar-refractivity contribution in [2.75, 3.05) is 25.0 Å². The number of hydrogen-bond acceptors (Lipinski definition) is 3. The summed E-state index contributed by atoms with van der Waals surface area (Å²) in [5, 5.41) is 3.05. The monoisotopic (exact) mass is 420 g/mol. The zero-order valence-electron chi connectivity index (χ0n) is 18.5. The molecule has 0 bridgehead atoms. The fourth-order valence-corrected chi connectivity index (χ4v) is 3.63. The van der Waals surface area contributed by atoms with Crippen LogP contribution in [-0.4, -0.2) is 36.4 Å². The molecule has 5 heteroatoms. The molecule has 164 valence electrons. The summed E-state index contributed by atoms with van der Waals surface area (Å²) in [6, 6.07) is 15.5. The van der Waals surface area contributed by atoms with Gasteiger partial charge in [0.15, 0.2) is 0 Å². The Labute approximate surface area is 185 Å². The van der Waals surface area contributed by atoms with Gasteiger partial charge >= 0.3 is 0 Å². The van der Waals surface area contributed by atoms with Crippen LogP contribution in [0.2, 0.25) is 0 Å². The summed E-state index contributed by atoms with van der Waals surface area (Å²) >= 11 is 0. The molecule has 2 amide bonds. The average Bonchev–Trinajstić information content (AvgIpc) is 2.80. The SMILES string of the molecule is CCCCOc1ccc(NC(=O)C2CCN(C(=O)C=Cc3ccccc3)CC2)c(C)c1. The molecule has 1 aliphatic rings. The number of carbonyl (C=O) groups is 2. The topological polar surface area (TPSA) is 58.6 Å². The predicted molar refractivity (Wildman–Crippen MR) is 125 cm³/mol. The molecule has 0 unspecified atom stereocenters. The van der Waals surface area contributed by atoms with Crippen molar-refractivity contribution in [2.45, 2.75) is 39.5 Å². The molecule has 0 spiro atoms. The van der Waals surface area contributed by atoms with Gasteiger partial charge in [-0.2, -0.15) is 0 Å². The third-order valence-corrected chi connectivity index (χ3v) is 5.62. The highest BCUT2D eigenvalue weighted by Crippen LogP contribution is 2.24. The number of aryl methyl sites for hydroxylation is 1. The van der Waals surface area contributed by atoms with Crippen molar-refractivity contribution in [1.29, 1.82) is 0 Å². The van der Waals surface area contributed by atoms with Crippen LogP contribution in [-0.2, 0) is 9.59 Å². The normalized spacial score (nSPS) is 14.6. The Bertz CT molecular complexity index is 900. The smallest absolute Gasteiger partial charge is 0.246 e. The van der Waals surface area contributed by atoms with Crippen molar-refractivity contribution < 1.29 is 14.3 Å². The molecule has 1 aliphatic heterocycles. The van der Waals surface area contributed by atoms with Gasteiger partial charge in [0, 0.05) is 30.8 Å². The Hall–Kier alpha value is -3.08. The highest BCUT2D eigenvalue weighted by molar-refractivity contribution is 5.94. The first-order valence-corrected chi connectivity index (χ1v) is 11.1. The van der Waals surface area contributed by atoms with Gasteiger partial charge in [-0.3, -0.25) is 9.59 Å². The van der Waals surface area contributed by atoms with Crippen LogP contribution in [0.3, 0.4) is 0 Å². The second-order valence-corrected chi connectivity index (χ2v) is 8.01. The zero-order valence-corrected chi connectivity index (χ0v) is 18.5. The van der Waals surface area contributed by atoms with Crippen LogP contribution in [0, 0.1) is 12.8 Å². The Morgan fingerprint density at radius 1 is 1.13 bits per heavy atom. The van der Waals surface area contributed by atoms with Gasteiger partial charge in [0.1, 0.15) is 5.75 Å². The lowest BCUT2D eigenvalue weighted by molar-refractivity contribution is -0.130. The van der Waals surface area contributed by atoms with Crippen molar-refractivity contribution in [3.05, 3.63) is 65.7 Å². The summed E-state index contributed by atoms with van der Waals surface area (Å²) in [4.78, 5) is 27.0. The number of likely N-dealkylation sites (tertiary alicyclic amines) is 1. The maximum atomic E-state index is 12.7. The Kier molecular flexibility index (Phi) is 8.27. The summed E-state index contributed by atoms with van der Waals surface area (Å²) < 4.78 is 5.73. The molecule has 1 fully saturated rings. The van der Waals surface area contributed by atoms with E-state index in [4.69, 9.17) is 4.74 Å². The van der Waals surface area contributed by atoms with E-state index in [-0.39, 0.29) is 17.7 Å². The van der Waals surface area contributed by atoms with Crippen molar-refractivity contribution in [3.63, 3.8) is 0 Å². The van der Waals surface area contributed by atoms with Gasteiger partial charge in [0.25, 0.3) is 0 Å². The number of amides is 2. The van der Waals surface area contributed by atoms with Crippen LogP contribution in [0.5, 0.6) is 5.75 Å². The first-order valence-electron chi connectivity index (χ1n) is 11.1. The van der Waals surface area contributed by atoms with E-state index in [1.165, 1.54) is 0 Å². The van der Waals surface area contributed by atoms with Crippen molar-refractivity contribution in [3.8, 4) is 5.75 Å². The van der Waals surface area contributed by atoms with E-state index in [1.54, 1.807) is 6.08 Å². The van der Waals surface area contributed by atoms with Crippen LogP contribution in [0.15, 0.2) is 54.6 Å². The minimum absolute atomic E-state index is 0.00258. The molecule has 3 rings (SSSR count). The molecular weight excluding hydrogens is 388 g/mol. The number of piperidine rings is 1. The second kappa shape index (κ2) is 11.3. The molecule has 31 heavy (non-hydrogen) atoms. The number of benzene rings is 2. The lowest BCUT2D eigenvalue weighted by Gasteiger charge is -2.30. The minimum atomic E-state index is -0.0815. The molecule has 0 saturated carbocycles. The molecule has 0 atom stereocenters. The molecule has 2 aromatic carbocycles. The minimum Gasteiger partial charge on any atom is -0.494 e. The third kappa shape index (κ3) is 6.71. The van der Waals surface area contributed by atoms with Crippen molar-refractivity contribution in [2.24, 2.45) is 5.92 Å². The van der Waals surface area contributed by atoms with Gasteiger partial charge in [-0.15, -0.1) is 0 Å². The van der Waals surface area contributed by atoms with E-state index in [0.29, 0.717) is 32.5 Å². The summed E-state index contributed by atoms with van der Waals surface area (Å²) in [5.41, 5.74) is 2.81. The van der Waals surface area contributed by atoms with Crippen LogP contribution >= 0.6 is 0 Å². The number of nitrogens with zero attached hydrogens (tertiary/aromatic N) is 1. The number of unbranched alkanes of at least 4 members (excludes halogenated alkanes) is 1. The van der Waals surface area contributed by atoms with E-state index >= 15 is 0 Å². The van der Waals surface area contributed by atoms with Gasteiger partial charge in [0.05, 0.1) is 6.61 Å². The number of nitrogens with one attached hydrogen (secondary N) is 1. The molecule has 2 aromatic rings. The van der Waals surface area contributed by atoms with E-state index in [1.807, 2.05) is 66.4 Å².